The number of carbonyl (C=O) groups excluding carboxylic acids is 1. The third kappa shape index (κ3) is 2.18. The first-order valence-corrected chi connectivity index (χ1v) is 5.33. The van der Waals surface area contributed by atoms with Gasteiger partial charge in [0, 0.05) is 5.56 Å². The maximum Gasteiger partial charge on any atom is 0.307 e. The Morgan fingerprint density at radius 2 is 1.71 bits per heavy atom. The van der Waals surface area contributed by atoms with Gasteiger partial charge in [0.2, 0.25) is 0 Å². The minimum Gasteiger partial charge on any atom is -0.481 e. The summed E-state index contributed by atoms with van der Waals surface area (Å²) in [7, 11) is 0. The fourth-order valence-electron chi connectivity index (χ4n) is 2.00. The number of carboxylic acids is 1. The molecule has 2 rings (SSSR count). The molecule has 0 atom stereocenters. The second-order valence-electron chi connectivity index (χ2n) is 3.94. The van der Waals surface area contributed by atoms with E-state index in [-0.39, 0.29) is 12.2 Å². The van der Waals surface area contributed by atoms with Crippen LogP contribution in [0.3, 0.4) is 0 Å². The molecule has 0 heterocycles. The molecule has 3 nitrogen and oxygen atoms in total. The van der Waals surface area contributed by atoms with Gasteiger partial charge in [-0.15, -0.1) is 0 Å². The van der Waals surface area contributed by atoms with Crippen LogP contribution in [0.5, 0.6) is 0 Å². The highest BCUT2D eigenvalue weighted by atomic mass is 16.4. The Morgan fingerprint density at radius 3 is 2.35 bits per heavy atom. The van der Waals surface area contributed by atoms with Crippen molar-refractivity contribution in [3.05, 3.63) is 47.5 Å². The van der Waals surface area contributed by atoms with E-state index in [1.165, 1.54) is 6.92 Å². The molecule has 0 radical (unpaired) electrons. The van der Waals surface area contributed by atoms with Crippen molar-refractivity contribution in [2.75, 3.05) is 0 Å². The lowest BCUT2D eigenvalue weighted by atomic mass is 9.97. The molecule has 0 bridgehead atoms. The average Bonchev–Trinajstić information content (AvgIpc) is 2.28. The Kier molecular flexibility index (Phi) is 2.91. The zero-order chi connectivity index (χ0) is 12.4. The number of rotatable bonds is 3. The summed E-state index contributed by atoms with van der Waals surface area (Å²) in [6.07, 6.45) is -0.0291. The zero-order valence-corrected chi connectivity index (χ0v) is 9.43. The SMILES string of the molecule is CC(=O)c1cccc2c(CC(=O)O)cccc12. The van der Waals surface area contributed by atoms with Crippen LogP contribution in [-0.4, -0.2) is 16.9 Å². The van der Waals surface area contributed by atoms with Crippen molar-refractivity contribution in [1.82, 2.24) is 0 Å². The first-order chi connectivity index (χ1) is 8.09. The van der Waals surface area contributed by atoms with Gasteiger partial charge in [-0.3, -0.25) is 9.59 Å². The summed E-state index contributed by atoms with van der Waals surface area (Å²) in [6.45, 7) is 1.51. The molecule has 0 aliphatic carbocycles. The number of hydrogen-bond donors (Lipinski definition) is 1. The van der Waals surface area contributed by atoms with Crippen molar-refractivity contribution in [2.24, 2.45) is 0 Å². The summed E-state index contributed by atoms with van der Waals surface area (Å²) in [5.41, 5.74) is 1.37. The smallest absolute Gasteiger partial charge is 0.307 e. The van der Waals surface area contributed by atoms with E-state index < -0.39 is 5.97 Å². The van der Waals surface area contributed by atoms with Crippen molar-refractivity contribution < 1.29 is 14.7 Å². The number of carbonyl (C=O) groups is 2. The highest BCUT2D eigenvalue weighted by molar-refractivity contribution is 6.08. The first kappa shape index (κ1) is 11.3. The number of ketones is 1. The number of benzene rings is 2. The van der Waals surface area contributed by atoms with Gasteiger partial charge in [-0.1, -0.05) is 36.4 Å². The Balaban J connectivity index is 2.69. The van der Waals surface area contributed by atoms with Crippen molar-refractivity contribution in [3.8, 4) is 0 Å². The van der Waals surface area contributed by atoms with Gasteiger partial charge in [-0.2, -0.15) is 0 Å². The van der Waals surface area contributed by atoms with E-state index in [1.54, 1.807) is 24.3 Å². The monoisotopic (exact) mass is 228 g/mol. The summed E-state index contributed by atoms with van der Waals surface area (Å²) in [4.78, 5) is 22.2. The normalized spacial score (nSPS) is 10.4. The van der Waals surface area contributed by atoms with Gasteiger partial charge in [0.25, 0.3) is 0 Å². The molecule has 0 fully saturated rings. The average molecular weight is 228 g/mol. The summed E-state index contributed by atoms with van der Waals surface area (Å²) < 4.78 is 0. The van der Waals surface area contributed by atoms with Crippen molar-refractivity contribution in [2.45, 2.75) is 13.3 Å². The molecule has 0 saturated heterocycles. The molecule has 1 N–H and O–H groups in total. The standard InChI is InChI=1S/C14H12O3/c1-9(15)11-5-3-6-12-10(8-14(16)17)4-2-7-13(11)12/h2-7H,8H2,1H3,(H,16,17). The third-order valence-corrected chi connectivity index (χ3v) is 2.73. The van der Waals surface area contributed by atoms with E-state index in [0.717, 1.165) is 16.3 Å². The maximum absolute atomic E-state index is 11.5. The molecule has 0 saturated carbocycles. The molecule has 17 heavy (non-hydrogen) atoms. The van der Waals surface area contributed by atoms with Crippen LogP contribution in [0.1, 0.15) is 22.8 Å². The number of carboxylic acid groups (broad SMARTS) is 1. The second-order valence-corrected chi connectivity index (χ2v) is 3.94. The van der Waals surface area contributed by atoms with Crippen molar-refractivity contribution in [1.29, 1.82) is 0 Å². The van der Waals surface area contributed by atoms with Crippen LogP contribution in [0.15, 0.2) is 36.4 Å². The largest absolute Gasteiger partial charge is 0.481 e. The Hall–Kier alpha value is -2.16. The maximum atomic E-state index is 11.5. The summed E-state index contributed by atoms with van der Waals surface area (Å²) >= 11 is 0. The van der Waals surface area contributed by atoms with E-state index in [4.69, 9.17) is 5.11 Å². The molecule has 2 aromatic rings. The molecule has 2 aromatic carbocycles. The molecule has 0 amide bonds. The molecular formula is C14H12O3. The van der Waals surface area contributed by atoms with Crippen LogP contribution >= 0.6 is 0 Å². The summed E-state index contributed by atoms with van der Waals surface area (Å²) in [5.74, 6) is -0.881. The highest BCUT2D eigenvalue weighted by Crippen LogP contribution is 2.23. The second kappa shape index (κ2) is 4.37. The molecule has 0 aliphatic rings. The minimum absolute atomic E-state index is 0.0110. The molecular weight excluding hydrogens is 216 g/mol. The van der Waals surface area contributed by atoms with Crippen LogP contribution in [0.2, 0.25) is 0 Å². The molecule has 3 heteroatoms. The van der Waals surface area contributed by atoms with Gasteiger partial charge in [-0.25, -0.2) is 0 Å². The lowest BCUT2D eigenvalue weighted by molar-refractivity contribution is -0.136. The van der Waals surface area contributed by atoms with Gasteiger partial charge in [-0.05, 0) is 23.3 Å². The van der Waals surface area contributed by atoms with Crippen LogP contribution < -0.4 is 0 Å². The van der Waals surface area contributed by atoms with Crippen molar-refractivity contribution >= 4 is 22.5 Å². The Bertz CT molecular complexity index is 599. The van der Waals surface area contributed by atoms with E-state index in [2.05, 4.69) is 0 Å². The lowest BCUT2D eigenvalue weighted by Crippen LogP contribution is -2.01. The Morgan fingerprint density at radius 1 is 1.06 bits per heavy atom. The van der Waals surface area contributed by atoms with Crippen LogP contribution in [0.4, 0.5) is 0 Å². The number of Topliss-reactive ketones (excluding diaryl/α,β-unsaturated/α-hetero) is 1. The number of fused-ring (bicyclic) bond motifs is 1. The summed E-state index contributed by atoms with van der Waals surface area (Å²) in [6, 6.07) is 10.8. The molecule has 0 aromatic heterocycles. The van der Waals surface area contributed by atoms with E-state index in [9.17, 15) is 9.59 Å². The summed E-state index contributed by atoms with van der Waals surface area (Å²) in [5, 5.41) is 10.5. The van der Waals surface area contributed by atoms with E-state index in [1.807, 2.05) is 12.1 Å². The fraction of sp³-hybridized carbons (Fsp3) is 0.143. The topological polar surface area (TPSA) is 54.4 Å². The van der Waals surface area contributed by atoms with Gasteiger partial charge in [0.05, 0.1) is 6.42 Å². The lowest BCUT2D eigenvalue weighted by Gasteiger charge is -2.07. The fourth-order valence-corrected chi connectivity index (χ4v) is 2.00. The number of hydrogen-bond acceptors (Lipinski definition) is 2. The van der Waals surface area contributed by atoms with E-state index in [0.29, 0.717) is 5.56 Å². The number of aliphatic carboxylic acids is 1. The predicted octanol–water partition coefficient (Wildman–Crippen LogP) is 2.67. The first-order valence-electron chi connectivity index (χ1n) is 5.33. The van der Waals surface area contributed by atoms with Gasteiger partial charge in [0.15, 0.2) is 5.78 Å². The highest BCUT2D eigenvalue weighted by Gasteiger charge is 2.09. The molecule has 0 unspecified atom stereocenters. The van der Waals surface area contributed by atoms with Crippen molar-refractivity contribution in [3.63, 3.8) is 0 Å². The molecule has 0 aliphatic heterocycles. The van der Waals surface area contributed by atoms with Crippen LogP contribution in [-0.2, 0) is 11.2 Å². The third-order valence-electron chi connectivity index (χ3n) is 2.73. The van der Waals surface area contributed by atoms with E-state index >= 15 is 0 Å². The molecule has 86 valence electrons. The quantitative estimate of drug-likeness (QED) is 0.822. The zero-order valence-electron chi connectivity index (χ0n) is 9.43. The van der Waals surface area contributed by atoms with Gasteiger partial charge >= 0.3 is 5.97 Å². The minimum atomic E-state index is -0.870. The van der Waals surface area contributed by atoms with Gasteiger partial charge in [0.1, 0.15) is 0 Å². The van der Waals surface area contributed by atoms with Crippen LogP contribution in [0, 0.1) is 0 Å². The van der Waals surface area contributed by atoms with Crippen LogP contribution in [0.25, 0.3) is 10.8 Å². The van der Waals surface area contributed by atoms with Gasteiger partial charge < -0.3 is 5.11 Å². The Labute approximate surface area is 98.7 Å². The predicted molar refractivity (Wildman–Crippen MR) is 65.3 cm³/mol. The molecule has 0 spiro atoms.